The van der Waals surface area contributed by atoms with Gasteiger partial charge in [-0.1, -0.05) is 6.07 Å². The lowest BCUT2D eigenvalue weighted by Crippen LogP contribution is -2.23. The fourth-order valence-corrected chi connectivity index (χ4v) is 2.80. The van der Waals surface area contributed by atoms with E-state index in [4.69, 9.17) is 4.42 Å². The van der Waals surface area contributed by atoms with Gasteiger partial charge in [0.2, 0.25) is 5.95 Å². The number of rotatable bonds is 6. The molecule has 0 saturated heterocycles. The average Bonchev–Trinajstić information content (AvgIpc) is 3.37. The van der Waals surface area contributed by atoms with Crippen LogP contribution in [-0.4, -0.2) is 35.6 Å². The highest BCUT2D eigenvalue weighted by Crippen LogP contribution is 2.22. The number of aromatic nitrogens is 6. The molecule has 4 aromatic heterocycles. The highest BCUT2D eigenvalue weighted by atomic mass is 16.4. The van der Waals surface area contributed by atoms with Gasteiger partial charge in [-0.25, -0.2) is 15.0 Å². The highest BCUT2D eigenvalue weighted by Gasteiger charge is 2.17. The molecular formula is C20H20N8O2. The Labute approximate surface area is 172 Å². The summed E-state index contributed by atoms with van der Waals surface area (Å²) in [5.74, 6) is 0.662. The van der Waals surface area contributed by atoms with Gasteiger partial charge in [0, 0.05) is 25.0 Å². The van der Waals surface area contributed by atoms with Gasteiger partial charge in [-0.3, -0.25) is 14.5 Å². The Bertz CT molecular complexity index is 1200. The molecule has 0 aliphatic rings. The Hall–Kier alpha value is -4.08. The zero-order valence-corrected chi connectivity index (χ0v) is 16.7. The van der Waals surface area contributed by atoms with Crippen LogP contribution >= 0.6 is 0 Å². The molecule has 0 bridgehead atoms. The molecule has 1 amide bonds. The van der Waals surface area contributed by atoms with Crippen molar-refractivity contribution in [1.29, 1.82) is 0 Å². The molecule has 0 aliphatic carbocycles. The molecule has 152 valence electrons. The summed E-state index contributed by atoms with van der Waals surface area (Å²) in [5.41, 5.74) is 3.46. The topological polar surface area (TPSA) is 124 Å². The van der Waals surface area contributed by atoms with E-state index in [1.807, 2.05) is 45.2 Å². The lowest BCUT2D eigenvalue weighted by molar-refractivity contribution is 0.0915. The molecule has 4 heterocycles. The van der Waals surface area contributed by atoms with Crippen LogP contribution in [0, 0.1) is 13.8 Å². The SMILES string of the molecule is Cc1cccc(CNC(=O)c2nc(-c3nc(Nc4ccnn4C)ncc3C)co2)n1. The number of carbonyl (C=O) groups is 1. The minimum absolute atomic E-state index is 0.0446. The number of hydrogen-bond acceptors (Lipinski definition) is 8. The monoisotopic (exact) mass is 404 g/mol. The third-order valence-corrected chi connectivity index (χ3v) is 4.35. The molecule has 0 fully saturated rings. The number of carbonyl (C=O) groups excluding carboxylic acids is 1. The second-order valence-electron chi connectivity index (χ2n) is 6.68. The lowest BCUT2D eigenvalue weighted by Gasteiger charge is -2.07. The number of nitrogens with zero attached hydrogens (tertiary/aromatic N) is 6. The zero-order chi connectivity index (χ0) is 21.1. The molecule has 30 heavy (non-hydrogen) atoms. The Kier molecular flexibility index (Phi) is 5.21. The molecule has 4 rings (SSSR count). The Balaban J connectivity index is 1.49. The molecule has 0 radical (unpaired) electrons. The van der Waals surface area contributed by atoms with Crippen LogP contribution in [0.2, 0.25) is 0 Å². The molecule has 2 N–H and O–H groups in total. The van der Waals surface area contributed by atoms with Gasteiger partial charge in [0.1, 0.15) is 23.5 Å². The second-order valence-corrected chi connectivity index (χ2v) is 6.68. The van der Waals surface area contributed by atoms with Crippen LogP contribution in [-0.2, 0) is 13.6 Å². The first-order valence-corrected chi connectivity index (χ1v) is 9.25. The van der Waals surface area contributed by atoms with Gasteiger partial charge >= 0.3 is 5.91 Å². The van der Waals surface area contributed by atoms with E-state index >= 15 is 0 Å². The molecule has 4 aromatic rings. The first kappa shape index (κ1) is 19.2. The Morgan fingerprint density at radius 1 is 1.17 bits per heavy atom. The van der Waals surface area contributed by atoms with E-state index in [-0.39, 0.29) is 12.4 Å². The maximum atomic E-state index is 12.4. The number of oxazole rings is 1. The molecule has 0 aliphatic heterocycles. The number of hydrogen-bond donors (Lipinski definition) is 2. The van der Waals surface area contributed by atoms with Gasteiger partial charge in [0.15, 0.2) is 0 Å². The fraction of sp³-hybridized carbons (Fsp3) is 0.200. The van der Waals surface area contributed by atoms with E-state index in [2.05, 4.69) is 35.7 Å². The van der Waals surface area contributed by atoms with Crippen molar-refractivity contribution < 1.29 is 9.21 Å². The van der Waals surface area contributed by atoms with Gasteiger partial charge in [-0.15, -0.1) is 0 Å². The molecular weight excluding hydrogens is 384 g/mol. The van der Waals surface area contributed by atoms with E-state index in [9.17, 15) is 4.79 Å². The van der Waals surface area contributed by atoms with Crippen molar-refractivity contribution in [3.8, 4) is 11.4 Å². The molecule has 10 heteroatoms. The van der Waals surface area contributed by atoms with Crippen molar-refractivity contribution in [3.05, 3.63) is 65.8 Å². The van der Waals surface area contributed by atoms with Crippen LogP contribution in [0.15, 0.2) is 47.3 Å². The molecule has 0 unspecified atom stereocenters. The van der Waals surface area contributed by atoms with Gasteiger partial charge in [-0.2, -0.15) is 5.10 Å². The normalized spacial score (nSPS) is 10.8. The van der Waals surface area contributed by atoms with Gasteiger partial charge < -0.3 is 15.1 Å². The predicted octanol–water partition coefficient (Wildman–Crippen LogP) is 2.55. The van der Waals surface area contributed by atoms with Crippen LogP contribution in [0.1, 0.15) is 27.6 Å². The molecule has 0 spiro atoms. The minimum atomic E-state index is -0.426. The molecule has 10 nitrogen and oxygen atoms in total. The summed E-state index contributed by atoms with van der Waals surface area (Å²) in [4.78, 5) is 29.8. The van der Waals surface area contributed by atoms with E-state index < -0.39 is 5.91 Å². The number of aryl methyl sites for hydroxylation is 3. The zero-order valence-electron chi connectivity index (χ0n) is 16.7. The predicted molar refractivity (Wildman–Crippen MR) is 109 cm³/mol. The molecule has 0 saturated carbocycles. The van der Waals surface area contributed by atoms with E-state index in [1.54, 1.807) is 17.1 Å². The number of amides is 1. The summed E-state index contributed by atoms with van der Waals surface area (Å²) >= 11 is 0. The first-order valence-electron chi connectivity index (χ1n) is 9.25. The maximum Gasteiger partial charge on any atom is 0.307 e. The first-order chi connectivity index (χ1) is 14.5. The smallest absolute Gasteiger partial charge is 0.307 e. The van der Waals surface area contributed by atoms with Crippen LogP contribution in [0.4, 0.5) is 11.8 Å². The highest BCUT2D eigenvalue weighted by molar-refractivity contribution is 5.90. The molecule has 0 aromatic carbocycles. The van der Waals surface area contributed by atoms with E-state index in [0.29, 0.717) is 17.3 Å². The summed E-state index contributed by atoms with van der Waals surface area (Å²) in [6.07, 6.45) is 4.76. The quantitative estimate of drug-likeness (QED) is 0.502. The number of anilines is 2. The summed E-state index contributed by atoms with van der Waals surface area (Å²) in [5, 5.41) is 9.95. The van der Waals surface area contributed by atoms with Crippen LogP contribution < -0.4 is 10.6 Å². The van der Waals surface area contributed by atoms with Crippen LogP contribution in [0.5, 0.6) is 0 Å². The van der Waals surface area contributed by atoms with Crippen molar-refractivity contribution >= 4 is 17.7 Å². The summed E-state index contributed by atoms with van der Waals surface area (Å²) < 4.78 is 7.05. The van der Waals surface area contributed by atoms with Crippen molar-refractivity contribution in [1.82, 2.24) is 35.0 Å². The maximum absolute atomic E-state index is 12.4. The van der Waals surface area contributed by atoms with Crippen molar-refractivity contribution in [3.63, 3.8) is 0 Å². The van der Waals surface area contributed by atoms with Crippen molar-refractivity contribution in [2.24, 2.45) is 7.05 Å². The number of pyridine rings is 1. The molecule has 0 atom stereocenters. The van der Waals surface area contributed by atoms with Crippen LogP contribution in [0.25, 0.3) is 11.4 Å². The average molecular weight is 404 g/mol. The largest absolute Gasteiger partial charge is 0.440 e. The van der Waals surface area contributed by atoms with Gasteiger partial charge in [0.05, 0.1) is 18.4 Å². The van der Waals surface area contributed by atoms with Crippen molar-refractivity contribution in [2.45, 2.75) is 20.4 Å². The van der Waals surface area contributed by atoms with E-state index in [0.717, 1.165) is 22.8 Å². The summed E-state index contributed by atoms with van der Waals surface area (Å²) in [7, 11) is 1.81. The second kappa shape index (κ2) is 8.11. The standard InChI is InChI=1S/C20H20N8O2/c1-12-9-22-20(26-16-7-8-23-28(16)3)27-17(12)15-11-30-19(25-15)18(29)21-10-14-6-4-5-13(2)24-14/h4-9,11H,10H2,1-3H3,(H,21,29)(H,22,26,27). The lowest BCUT2D eigenvalue weighted by atomic mass is 10.2. The minimum Gasteiger partial charge on any atom is -0.440 e. The Morgan fingerprint density at radius 2 is 2.03 bits per heavy atom. The number of nitrogens with one attached hydrogen (secondary N) is 2. The Morgan fingerprint density at radius 3 is 2.80 bits per heavy atom. The summed E-state index contributed by atoms with van der Waals surface area (Å²) in [6, 6.07) is 7.44. The third-order valence-electron chi connectivity index (χ3n) is 4.35. The van der Waals surface area contributed by atoms with Crippen molar-refractivity contribution in [2.75, 3.05) is 5.32 Å². The van der Waals surface area contributed by atoms with Gasteiger partial charge in [-0.05, 0) is 31.5 Å². The fourth-order valence-electron chi connectivity index (χ4n) is 2.80. The summed E-state index contributed by atoms with van der Waals surface area (Å²) in [6.45, 7) is 4.04. The van der Waals surface area contributed by atoms with Crippen LogP contribution in [0.3, 0.4) is 0 Å². The third kappa shape index (κ3) is 4.17. The van der Waals surface area contributed by atoms with E-state index in [1.165, 1.54) is 6.26 Å². The van der Waals surface area contributed by atoms with Gasteiger partial charge in [0.25, 0.3) is 5.89 Å².